The second kappa shape index (κ2) is 8.29. The van der Waals surface area contributed by atoms with Gasteiger partial charge in [0.25, 0.3) is 5.56 Å². The number of nitrogens with zero attached hydrogens (tertiary/aromatic N) is 1. The summed E-state index contributed by atoms with van der Waals surface area (Å²) in [6.45, 7) is 4.33. The van der Waals surface area contributed by atoms with Crippen LogP contribution in [0, 0.1) is 0 Å². The van der Waals surface area contributed by atoms with Gasteiger partial charge < -0.3 is 14.0 Å². The summed E-state index contributed by atoms with van der Waals surface area (Å²) in [4.78, 5) is 35.4. The molecule has 1 aromatic heterocycles. The Morgan fingerprint density at radius 1 is 1.12 bits per heavy atom. The number of carbonyl (C=O) groups excluding carboxylic acids is 2. The summed E-state index contributed by atoms with van der Waals surface area (Å²) in [7, 11) is 0. The smallest absolute Gasteiger partial charge is 0.313 e. The first-order valence-corrected chi connectivity index (χ1v) is 7.99. The quantitative estimate of drug-likeness (QED) is 0.548. The number of fused-ring (bicyclic) bond motifs is 1. The number of aromatic nitrogens is 1. The summed E-state index contributed by atoms with van der Waals surface area (Å²) in [5.41, 5.74) is -0.0855. The van der Waals surface area contributed by atoms with Crippen molar-refractivity contribution in [1.82, 2.24) is 4.57 Å². The predicted octanol–water partition coefficient (Wildman–Crippen LogP) is 2.31. The van der Waals surface area contributed by atoms with Crippen molar-refractivity contribution in [2.75, 3.05) is 13.2 Å². The molecule has 128 valence electrons. The number of hydrogen-bond acceptors (Lipinski definition) is 5. The molecule has 2 aromatic rings. The highest BCUT2D eigenvalue weighted by atomic mass is 16.5. The Kier molecular flexibility index (Phi) is 6.12. The van der Waals surface area contributed by atoms with Crippen molar-refractivity contribution in [3.8, 4) is 5.75 Å². The molecule has 6 heteroatoms. The Labute approximate surface area is 140 Å². The molecule has 0 atom stereocenters. The summed E-state index contributed by atoms with van der Waals surface area (Å²) in [6, 6.07) is 6.95. The number of rotatable bonds is 8. The lowest BCUT2D eigenvalue weighted by Crippen LogP contribution is -2.20. The van der Waals surface area contributed by atoms with Crippen molar-refractivity contribution in [3.05, 3.63) is 40.8 Å². The van der Waals surface area contributed by atoms with Crippen LogP contribution in [-0.2, 0) is 20.9 Å². The maximum Gasteiger partial charge on any atom is 0.313 e. The van der Waals surface area contributed by atoms with Crippen LogP contribution in [0.25, 0.3) is 10.8 Å². The lowest BCUT2D eigenvalue weighted by atomic mass is 10.1. The fourth-order valence-corrected chi connectivity index (χ4v) is 2.41. The molecule has 1 heterocycles. The zero-order valence-electron chi connectivity index (χ0n) is 13.9. The Morgan fingerprint density at radius 2 is 1.92 bits per heavy atom. The van der Waals surface area contributed by atoms with Crippen LogP contribution in [0.3, 0.4) is 0 Å². The van der Waals surface area contributed by atoms with Crippen LogP contribution in [0.1, 0.15) is 26.7 Å². The van der Waals surface area contributed by atoms with E-state index in [1.165, 1.54) is 0 Å². The minimum Gasteiger partial charge on any atom is -0.485 e. The van der Waals surface area contributed by atoms with Crippen LogP contribution < -0.4 is 10.3 Å². The molecule has 0 saturated heterocycles. The molecule has 0 N–H and O–H groups in total. The molecule has 0 bridgehead atoms. The van der Waals surface area contributed by atoms with E-state index in [0.29, 0.717) is 23.1 Å². The highest BCUT2D eigenvalue weighted by molar-refractivity contribution is 5.96. The van der Waals surface area contributed by atoms with Crippen LogP contribution in [-0.4, -0.2) is 29.5 Å². The number of Topliss-reactive ketones (excluding diaryl/α,β-unsaturated/α-hetero) is 1. The topological polar surface area (TPSA) is 74.6 Å². The van der Waals surface area contributed by atoms with Gasteiger partial charge >= 0.3 is 5.97 Å². The Morgan fingerprint density at radius 3 is 2.62 bits per heavy atom. The van der Waals surface area contributed by atoms with E-state index in [1.54, 1.807) is 42.0 Å². The summed E-state index contributed by atoms with van der Waals surface area (Å²) < 4.78 is 11.9. The van der Waals surface area contributed by atoms with Crippen molar-refractivity contribution in [1.29, 1.82) is 0 Å². The van der Waals surface area contributed by atoms with Gasteiger partial charge in [0.05, 0.1) is 12.0 Å². The molecule has 1 aromatic carbocycles. The van der Waals surface area contributed by atoms with E-state index >= 15 is 0 Å². The number of benzene rings is 1. The van der Waals surface area contributed by atoms with Gasteiger partial charge in [-0.3, -0.25) is 14.4 Å². The molecule has 0 fully saturated rings. The van der Waals surface area contributed by atoms with Crippen molar-refractivity contribution in [2.24, 2.45) is 0 Å². The van der Waals surface area contributed by atoms with Gasteiger partial charge in [-0.1, -0.05) is 13.0 Å². The molecule has 2 rings (SSSR count). The number of carbonyl (C=O) groups is 2. The molecule has 0 aliphatic heterocycles. The van der Waals surface area contributed by atoms with Gasteiger partial charge in [0.2, 0.25) is 0 Å². The highest BCUT2D eigenvalue weighted by Gasteiger charge is 2.13. The maximum absolute atomic E-state index is 12.4. The number of hydrogen-bond donors (Lipinski definition) is 0. The van der Waals surface area contributed by atoms with Crippen LogP contribution in [0.15, 0.2) is 35.3 Å². The first kappa shape index (κ1) is 17.7. The van der Waals surface area contributed by atoms with Gasteiger partial charge in [0.15, 0.2) is 5.78 Å². The van der Waals surface area contributed by atoms with Gasteiger partial charge in [-0.2, -0.15) is 0 Å². The van der Waals surface area contributed by atoms with E-state index in [0.717, 1.165) is 6.42 Å². The molecule has 24 heavy (non-hydrogen) atoms. The lowest BCUT2D eigenvalue weighted by molar-refractivity contribution is -0.145. The molecular weight excluding hydrogens is 310 g/mol. The van der Waals surface area contributed by atoms with E-state index in [1.807, 2.05) is 6.92 Å². The van der Waals surface area contributed by atoms with Gasteiger partial charge in [-0.15, -0.1) is 0 Å². The first-order valence-electron chi connectivity index (χ1n) is 7.99. The SMILES string of the molecule is CCCn1ccc2c(OCC(=O)CC(=O)OCC)cccc2c1=O. The number of pyridine rings is 1. The molecule has 0 radical (unpaired) electrons. The summed E-state index contributed by atoms with van der Waals surface area (Å²) in [5.74, 6) is -0.485. The van der Waals surface area contributed by atoms with E-state index in [2.05, 4.69) is 0 Å². The Balaban J connectivity index is 2.15. The number of ketones is 1. The number of ether oxygens (including phenoxy) is 2. The predicted molar refractivity (Wildman–Crippen MR) is 90.3 cm³/mol. The monoisotopic (exact) mass is 331 g/mol. The molecular formula is C18H21NO5. The van der Waals surface area contributed by atoms with Crippen molar-refractivity contribution < 1.29 is 19.1 Å². The van der Waals surface area contributed by atoms with Gasteiger partial charge in [-0.25, -0.2) is 0 Å². The van der Waals surface area contributed by atoms with E-state index in [-0.39, 0.29) is 31.0 Å². The average Bonchev–Trinajstić information content (AvgIpc) is 2.56. The molecule has 0 unspecified atom stereocenters. The fourth-order valence-electron chi connectivity index (χ4n) is 2.41. The number of aryl methyl sites for hydroxylation is 1. The van der Waals surface area contributed by atoms with Crippen LogP contribution in [0.2, 0.25) is 0 Å². The van der Waals surface area contributed by atoms with E-state index in [4.69, 9.17) is 9.47 Å². The van der Waals surface area contributed by atoms with E-state index < -0.39 is 5.97 Å². The maximum atomic E-state index is 12.4. The fraction of sp³-hybridized carbons (Fsp3) is 0.389. The summed E-state index contributed by atoms with van der Waals surface area (Å²) in [6.07, 6.45) is 2.27. The zero-order valence-corrected chi connectivity index (χ0v) is 13.9. The normalized spacial score (nSPS) is 10.6. The molecule has 0 saturated carbocycles. The second-order valence-corrected chi connectivity index (χ2v) is 5.34. The Hall–Kier alpha value is -2.63. The van der Waals surface area contributed by atoms with Crippen molar-refractivity contribution in [3.63, 3.8) is 0 Å². The first-order chi connectivity index (χ1) is 11.6. The van der Waals surface area contributed by atoms with Crippen LogP contribution in [0.5, 0.6) is 5.75 Å². The number of esters is 1. The standard InChI is InChI=1S/C18H21NO5/c1-3-9-19-10-8-14-15(18(19)22)6-5-7-16(14)24-12-13(20)11-17(21)23-4-2/h5-8,10H,3-4,9,11-12H2,1-2H3. The van der Waals surface area contributed by atoms with Crippen molar-refractivity contribution >= 4 is 22.5 Å². The minimum atomic E-state index is -0.563. The molecule has 0 aliphatic rings. The third kappa shape index (κ3) is 4.22. The molecule has 0 spiro atoms. The molecule has 0 amide bonds. The van der Waals surface area contributed by atoms with E-state index in [9.17, 15) is 14.4 Å². The molecule has 6 nitrogen and oxygen atoms in total. The van der Waals surface area contributed by atoms with Crippen molar-refractivity contribution in [2.45, 2.75) is 33.2 Å². The van der Waals surface area contributed by atoms with Gasteiger partial charge in [0.1, 0.15) is 18.8 Å². The third-order valence-corrected chi connectivity index (χ3v) is 3.48. The molecule has 0 aliphatic carbocycles. The Bertz CT molecular complexity index is 794. The average molecular weight is 331 g/mol. The summed E-state index contributed by atoms with van der Waals surface area (Å²) >= 11 is 0. The highest BCUT2D eigenvalue weighted by Crippen LogP contribution is 2.23. The van der Waals surface area contributed by atoms with Crippen LogP contribution >= 0.6 is 0 Å². The second-order valence-electron chi connectivity index (χ2n) is 5.34. The summed E-state index contributed by atoms with van der Waals surface area (Å²) in [5, 5.41) is 1.19. The zero-order chi connectivity index (χ0) is 17.5. The largest absolute Gasteiger partial charge is 0.485 e. The minimum absolute atomic E-state index is 0.0855. The van der Waals surface area contributed by atoms with Crippen LogP contribution in [0.4, 0.5) is 0 Å². The van der Waals surface area contributed by atoms with Gasteiger partial charge in [0, 0.05) is 18.1 Å². The van der Waals surface area contributed by atoms with Gasteiger partial charge in [-0.05, 0) is 31.5 Å². The lowest BCUT2D eigenvalue weighted by Gasteiger charge is -2.10. The third-order valence-electron chi connectivity index (χ3n) is 3.48.